The van der Waals surface area contributed by atoms with Crippen molar-refractivity contribution in [2.24, 2.45) is 0 Å². The van der Waals surface area contributed by atoms with Crippen molar-refractivity contribution < 1.29 is 42.9 Å². The molecule has 0 bridgehead atoms. The van der Waals surface area contributed by atoms with Gasteiger partial charge in [0.25, 0.3) is 0 Å². The van der Waals surface area contributed by atoms with Crippen LogP contribution in [-0.2, 0) is 42.9 Å². The van der Waals surface area contributed by atoms with Gasteiger partial charge in [-0.3, -0.25) is 0 Å². The fraction of sp³-hybridized carbons (Fsp3) is 0.524. The molecule has 1 saturated heterocycles. The van der Waals surface area contributed by atoms with E-state index in [1.807, 2.05) is 31.2 Å². The Hall–Kier alpha value is -2.15. The molecule has 1 aromatic carbocycles. The van der Waals surface area contributed by atoms with Gasteiger partial charge in [0, 0.05) is 0 Å². The third-order valence-corrected chi connectivity index (χ3v) is 7.52. The first-order chi connectivity index (χ1) is 14.6. The molecule has 0 radical (unpaired) electrons. The molecule has 0 aromatic heterocycles. The van der Waals surface area contributed by atoms with Crippen molar-refractivity contribution in [1.29, 1.82) is 0 Å². The van der Waals surface area contributed by atoms with Gasteiger partial charge in [-0.05, 0) is 0 Å². The van der Waals surface area contributed by atoms with Crippen molar-refractivity contribution in [1.82, 2.24) is 0 Å². The molecule has 0 unspecified atom stereocenters. The summed E-state index contributed by atoms with van der Waals surface area (Å²) in [6.45, 7) is 6.64. The second kappa shape index (κ2) is 11.5. The third-order valence-electron chi connectivity index (χ3n) is 4.22. The maximum absolute atomic E-state index is 11.8. The van der Waals surface area contributed by atoms with E-state index < -0.39 is 73.4 Å². The maximum atomic E-state index is 11.8. The van der Waals surface area contributed by atoms with Gasteiger partial charge in [-0.25, -0.2) is 0 Å². The normalized spacial score (nSPS) is 25.3. The second-order valence-electron chi connectivity index (χ2n) is 7.00. The number of ether oxygens (including phenoxy) is 5. The van der Waals surface area contributed by atoms with Crippen LogP contribution < -0.4 is 3.61 Å². The molecule has 10 heteroatoms. The Bertz CT molecular complexity index is 808. The minimum absolute atomic E-state index is 0.213. The van der Waals surface area contributed by atoms with Crippen molar-refractivity contribution >= 4 is 48.4 Å². The van der Waals surface area contributed by atoms with E-state index in [1.165, 1.54) is 27.7 Å². The predicted octanol–water partition coefficient (Wildman–Crippen LogP) is 0.408. The van der Waals surface area contributed by atoms with E-state index in [-0.39, 0.29) is 6.61 Å². The van der Waals surface area contributed by atoms with E-state index in [9.17, 15) is 19.2 Å². The molecule has 1 heterocycles. The number of carbonyl (C=O) groups is 4. The summed E-state index contributed by atoms with van der Waals surface area (Å²) < 4.78 is 27.9. The van der Waals surface area contributed by atoms with Crippen molar-refractivity contribution in [3.05, 3.63) is 29.8 Å². The molecule has 2 rings (SSSR count). The summed E-state index contributed by atoms with van der Waals surface area (Å²) >= 11 is -1.12. The second-order valence-corrected chi connectivity index (χ2v) is 10.3. The van der Waals surface area contributed by atoms with Crippen LogP contribution in [0.4, 0.5) is 0 Å². The van der Waals surface area contributed by atoms with E-state index in [1.54, 1.807) is 0 Å². The number of hydrogen-bond acceptors (Lipinski definition) is 9. The van der Waals surface area contributed by atoms with E-state index in [0.29, 0.717) is 0 Å². The molecule has 170 valence electrons. The van der Waals surface area contributed by atoms with Crippen LogP contribution in [0.3, 0.4) is 0 Å². The average molecular weight is 550 g/mol. The molecule has 0 spiro atoms. The number of hydrogen-bond donors (Lipinski definition) is 0. The molecular weight excluding hydrogens is 524 g/mol. The van der Waals surface area contributed by atoms with Gasteiger partial charge < -0.3 is 0 Å². The first kappa shape index (κ1) is 25.1. The molecule has 1 fully saturated rings. The average Bonchev–Trinajstić information content (AvgIpc) is 2.65. The van der Waals surface area contributed by atoms with Crippen LogP contribution in [0.15, 0.2) is 24.3 Å². The Morgan fingerprint density at radius 3 is 1.84 bits per heavy atom. The monoisotopic (exact) mass is 552 g/mol. The zero-order valence-electron chi connectivity index (χ0n) is 18.0. The molecule has 1 aliphatic heterocycles. The molecule has 1 aromatic rings. The van der Waals surface area contributed by atoms with Crippen LogP contribution in [0, 0.1) is 6.92 Å². The van der Waals surface area contributed by atoms with E-state index in [4.69, 9.17) is 23.7 Å². The third kappa shape index (κ3) is 7.80. The Morgan fingerprint density at radius 2 is 1.32 bits per heavy atom. The molecule has 0 aliphatic carbocycles. The van der Waals surface area contributed by atoms with Crippen molar-refractivity contribution in [2.45, 2.75) is 63.2 Å². The summed E-state index contributed by atoms with van der Waals surface area (Å²) in [5, 5.41) is 0. The van der Waals surface area contributed by atoms with E-state index in [0.717, 1.165) is 9.17 Å². The van der Waals surface area contributed by atoms with Crippen molar-refractivity contribution in [2.75, 3.05) is 6.61 Å². The van der Waals surface area contributed by atoms with E-state index in [2.05, 4.69) is 0 Å². The number of esters is 4. The van der Waals surface area contributed by atoms with Gasteiger partial charge in [-0.1, -0.05) is 0 Å². The number of benzene rings is 1. The van der Waals surface area contributed by atoms with Gasteiger partial charge in [0.1, 0.15) is 0 Å². The fourth-order valence-corrected chi connectivity index (χ4v) is 6.19. The zero-order valence-corrected chi connectivity index (χ0v) is 20.3. The summed E-state index contributed by atoms with van der Waals surface area (Å²) in [5.74, 6) is -2.41. The molecule has 0 amide bonds. The Balaban J connectivity index is 2.43. The van der Waals surface area contributed by atoms with E-state index >= 15 is 0 Å². The van der Waals surface area contributed by atoms with Gasteiger partial charge in [0.15, 0.2) is 0 Å². The molecule has 5 atom stereocenters. The van der Waals surface area contributed by atoms with Gasteiger partial charge in [-0.2, -0.15) is 0 Å². The Kier molecular flexibility index (Phi) is 9.29. The molecule has 31 heavy (non-hydrogen) atoms. The first-order valence-corrected chi connectivity index (χ1v) is 12.1. The van der Waals surface area contributed by atoms with Crippen molar-refractivity contribution in [3.63, 3.8) is 0 Å². The summed E-state index contributed by atoms with van der Waals surface area (Å²) in [5.41, 5.74) is 1.10. The number of rotatable bonds is 7. The van der Waals surface area contributed by atoms with Crippen LogP contribution in [0.25, 0.3) is 0 Å². The van der Waals surface area contributed by atoms with Gasteiger partial charge in [-0.15, -0.1) is 0 Å². The van der Waals surface area contributed by atoms with Crippen LogP contribution >= 0.6 is 0 Å². The van der Waals surface area contributed by atoms with Gasteiger partial charge in [0.05, 0.1) is 0 Å². The van der Waals surface area contributed by atoms with Crippen LogP contribution in [0.5, 0.6) is 0 Å². The van der Waals surface area contributed by atoms with Gasteiger partial charge >= 0.3 is 191 Å². The topological polar surface area (TPSA) is 114 Å². The summed E-state index contributed by atoms with van der Waals surface area (Å²) in [6.07, 6.45) is -4.11. The molecule has 0 saturated carbocycles. The molecule has 1 aliphatic rings. The Morgan fingerprint density at radius 1 is 0.806 bits per heavy atom. The Labute approximate surface area is 190 Å². The number of carbonyl (C=O) groups excluding carboxylic acids is 4. The quantitative estimate of drug-likeness (QED) is 0.271. The van der Waals surface area contributed by atoms with Crippen molar-refractivity contribution in [3.8, 4) is 0 Å². The molecule has 0 N–H and O–H groups in total. The minimum atomic E-state index is -1.12. The summed E-state index contributed by atoms with van der Waals surface area (Å²) in [6, 6.07) is 7.86. The van der Waals surface area contributed by atoms with Gasteiger partial charge in [0.2, 0.25) is 0 Å². The summed E-state index contributed by atoms with van der Waals surface area (Å²) in [7, 11) is 0. The standard InChI is InChI=1S/C21H26O9Te/c1-11-6-8-16(9-7-11)31-21-20(29-15(5)25)19(28-14(4)24)18(27-13(3)23)17(30-21)10-26-12(2)22/h6-9,17-21H,10H2,1-5H3/t17-,18-,19+,20-,21-/m1/s1. The fourth-order valence-electron chi connectivity index (χ4n) is 3.03. The van der Waals surface area contributed by atoms with Crippen LogP contribution in [-0.4, -0.2) is 80.0 Å². The van der Waals surface area contributed by atoms with Crippen LogP contribution in [0.2, 0.25) is 0 Å². The number of aryl methyl sites for hydroxylation is 1. The zero-order chi connectivity index (χ0) is 23.1. The SMILES string of the molecule is CC(=O)OC[C@H]1O[C@H]([Te]c2ccc(C)cc2)[C@H](OC(C)=O)[C@@H](OC(C)=O)[C@@H]1OC(C)=O. The van der Waals surface area contributed by atoms with Crippen LogP contribution in [0.1, 0.15) is 33.3 Å². The summed E-state index contributed by atoms with van der Waals surface area (Å²) in [4.78, 5) is 46.8. The predicted molar refractivity (Wildman–Crippen MR) is 109 cm³/mol. The molecule has 9 nitrogen and oxygen atoms in total. The molecular formula is C21H26O9Te. The first-order valence-electron chi connectivity index (χ1n) is 9.60.